The maximum atomic E-state index is 8.93. The molecule has 0 spiro atoms. The van der Waals surface area contributed by atoms with Gasteiger partial charge in [-0.2, -0.15) is 0 Å². The van der Waals surface area contributed by atoms with Crippen molar-refractivity contribution in [1.29, 1.82) is 5.26 Å². The molecule has 0 atom stereocenters. The molecule has 0 saturated heterocycles. The van der Waals surface area contributed by atoms with Crippen LogP contribution in [0.3, 0.4) is 0 Å². The molecular weight excluding hydrogens is 403 g/mol. The zero-order valence-electron chi connectivity index (χ0n) is 11.1. The Balaban J connectivity index is 1.88. The van der Waals surface area contributed by atoms with Crippen LogP contribution in [0.5, 0.6) is 0 Å². The van der Waals surface area contributed by atoms with E-state index in [1.165, 1.54) is 14.7 Å². The van der Waals surface area contributed by atoms with Gasteiger partial charge in [-0.25, -0.2) is 0 Å². The van der Waals surface area contributed by atoms with Gasteiger partial charge in [0.25, 0.3) is 0 Å². The van der Waals surface area contributed by atoms with Crippen molar-refractivity contribution in [1.82, 2.24) is 5.32 Å². The van der Waals surface area contributed by atoms with Crippen LogP contribution in [0.4, 0.5) is 0 Å². The molecule has 0 aliphatic heterocycles. The van der Waals surface area contributed by atoms with Gasteiger partial charge >= 0.3 is 139 Å². The second-order valence-electron chi connectivity index (χ2n) is 4.25. The van der Waals surface area contributed by atoms with Crippen molar-refractivity contribution < 1.29 is 21.2 Å². The van der Waals surface area contributed by atoms with Gasteiger partial charge in [0.15, 0.2) is 0 Å². The molecule has 0 fully saturated rings. The third-order valence-electron chi connectivity index (χ3n) is 2.97. The normalized spacial score (nSPS) is 10.7. The zero-order chi connectivity index (χ0) is 14.4. The average Bonchev–Trinajstić information content (AvgIpc) is 2.89. The molecule has 20 heavy (non-hydrogen) atoms. The number of nitrogens with zero attached hydrogens (tertiary/aromatic N) is 1. The van der Waals surface area contributed by atoms with Crippen LogP contribution in [-0.2, 0) is 13.0 Å². The molecule has 0 bridgehead atoms. The Morgan fingerprint density at radius 2 is 2.20 bits per heavy atom. The van der Waals surface area contributed by atoms with Crippen LogP contribution in [0.15, 0.2) is 29.6 Å². The van der Waals surface area contributed by atoms with Gasteiger partial charge in [0.2, 0.25) is 0 Å². The number of nitrogens with one attached hydrogen (secondary N) is 1. The van der Waals surface area contributed by atoms with Gasteiger partial charge in [0.1, 0.15) is 0 Å². The summed E-state index contributed by atoms with van der Waals surface area (Å²) in [5.74, 6) is 0. The van der Waals surface area contributed by atoms with E-state index in [0.717, 1.165) is 29.4 Å². The van der Waals surface area contributed by atoms with Gasteiger partial charge in [-0.1, -0.05) is 0 Å². The van der Waals surface area contributed by atoms with Gasteiger partial charge in [0.05, 0.1) is 0 Å². The van der Waals surface area contributed by atoms with Crippen LogP contribution in [0.2, 0.25) is 4.34 Å². The first-order valence-corrected chi connectivity index (χ1v) is 10.7. The molecule has 2 aromatic rings. The summed E-state index contributed by atoms with van der Waals surface area (Å²) in [5, 5.41) is 14.4. The van der Waals surface area contributed by atoms with Gasteiger partial charge in [-0.15, -0.1) is 0 Å². The number of thiophene rings is 1. The molecule has 1 N–H and O–H groups in total. The van der Waals surface area contributed by atoms with Crippen molar-refractivity contribution in [2.75, 3.05) is 11.5 Å². The first kappa shape index (κ1) is 15.8. The van der Waals surface area contributed by atoms with Crippen LogP contribution in [0, 0.1) is 14.9 Å². The summed E-state index contributed by atoms with van der Waals surface area (Å²) in [4.78, 5) is 2.23. The van der Waals surface area contributed by atoms with Crippen LogP contribution in [-0.4, -0.2) is 11.5 Å². The predicted octanol–water partition coefficient (Wildman–Crippen LogP) is 0.494. The molecule has 0 amide bonds. The van der Waals surface area contributed by atoms with Crippen molar-refractivity contribution in [2.45, 2.75) is 13.0 Å². The van der Waals surface area contributed by atoms with Crippen molar-refractivity contribution in [2.24, 2.45) is 0 Å². The minimum absolute atomic E-state index is 0.00209. The van der Waals surface area contributed by atoms with E-state index in [4.69, 9.17) is 16.9 Å². The third kappa shape index (κ3) is 4.19. The fraction of sp³-hybridized carbons (Fsp3) is 0.267. The van der Waals surface area contributed by atoms with Gasteiger partial charge in [-0.3, -0.25) is 0 Å². The number of hydrogen-bond donors (Lipinski definition) is 1. The number of halogens is 2. The summed E-state index contributed by atoms with van der Waals surface area (Å²) in [5.41, 5.74) is 3.30. The summed E-state index contributed by atoms with van der Waals surface area (Å²) >= 11 is 7.64. The number of nitriles is 1. The summed E-state index contributed by atoms with van der Waals surface area (Å²) < 4.78 is 2.24. The van der Waals surface area contributed by atoms with Crippen molar-refractivity contribution >= 4 is 22.9 Å². The fourth-order valence-electron chi connectivity index (χ4n) is 1.89. The predicted molar refractivity (Wildman–Crippen MR) is 80.5 cm³/mol. The second-order valence-corrected chi connectivity index (χ2v) is 8.01. The number of benzene rings is 1. The SMILES string of the molecule is C[I-]c1cc(C#N)ccc1CCNCc1ccsc1Cl. The van der Waals surface area contributed by atoms with E-state index in [-0.39, 0.29) is 21.2 Å². The molecule has 106 valence electrons. The molecule has 2 rings (SSSR count). The van der Waals surface area contributed by atoms with E-state index in [1.54, 1.807) is 11.3 Å². The molecule has 0 saturated carbocycles. The summed E-state index contributed by atoms with van der Waals surface area (Å²) in [7, 11) is 0. The molecule has 5 heteroatoms. The van der Waals surface area contributed by atoms with Crippen LogP contribution in [0.25, 0.3) is 0 Å². The monoisotopic (exact) mass is 417 g/mol. The molecular formula is C15H15ClIN2S-. The Labute approximate surface area is 139 Å². The number of hydrogen-bond acceptors (Lipinski definition) is 3. The molecule has 0 aliphatic rings. The topological polar surface area (TPSA) is 35.8 Å². The Morgan fingerprint density at radius 1 is 1.35 bits per heavy atom. The first-order valence-electron chi connectivity index (χ1n) is 6.19. The molecule has 2 nitrogen and oxygen atoms in total. The zero-order valence-corrected chi connectivity index (χ0v) is 14.8. The van der Waals surface area contributed by atoms with Gasteiger partial charge < -0.3 is 0 Å². The Kier molecular flexibility index (Phi) is 6.30. The van der Waals surface area contributed by atoms with Crippen molar-refractivity contribution in [3.8, 4) is 6.07 Å². The minimum atomic E-state index is 0.00209. The molecule has 0 radical (unpaired) electrons. The molecule has 0 aliphatic carbocycles. The number of alkyl halides is 1. The van der Waals surface area contributed by atoms with E-state index in [9.17, 15) is 0 Å². The number of rotatable bonds is 6. The average molecular weight is 418 g/mol. The van der Waals surface area contributed by atoms with Crippen LogP contribution < -0.4 is 26.5 Å². The maximum absolute atomic E-state index is 8.93. The Hall–Kier alpha value is -0.610. The fourth-order valence-corrected chi connectivity index (χ4v) is 4.60. The second kappa shape index (κ2) is 7.99. The molecule has 1 aromatic carbocycles. The molecule has 1 aromatic heterocycles. The van der Waals surface area contributed by atoms with E-state index in [1.807, 2.05) is 17.5 Å². The first-order chi connectivity index (χ1) is 9.74. The molecule has 0 unspecified atom stereocenters. The standard InChI is InChI=1S/C15H15ClIN2S/c1-17-14-8-11(9-18)2-3-12(14)4-6-19-10-13-5-7-20-15(13)16/h2-3,5,7-8,19H,4,6,10H2,1H3/q-1. The summed E-state index contributed by atoms with van der Waals surface area (Å²) in [6.07, 6.45) is 0.996. The quantitative estimate of drug-likeness (QED) is 0.422. The Morgan fingerprint density at radius 3 is 2.85 bits per heavy atom. The van der Waals surface area contributed by atoms with Gasteiger partial charge in [-0.05, 0) is 0 Å². The summed E-state index contributed by atoms with van der Waals surface area (Å²) in [6.45, 7) is 1.74. The van der Waals surface area contributed by atoms with E-state index in [0.29, 0.717) is 0 Å². The Bertz CT molecular complexity index is 619. The van der Waals surface area contributed by atoms with Gasteiger partial charge in [0, 0.05) is 0 Å². The molecule has 1 heterocycles. The van der Waals surface area contributed by atoms with E-state index in [2.05, 4.69) is 28.4 Å². The van der Waals surface area contributed by atoms with E-state index < -0.39 is 0 Å². The van der Waals surface area contributed by atoms with Crippen molar-refractivity contribution in [3.63, 3.8) is 0 Å². The summed E-state index contributed by atoms with van der Waals surface area (Å²) in [6, 6.07) is 10.3. The van der Waals surface area contributed by atoms with Crippen LogP contribution >= 0.6 is 22.9 Å². The van der Waals surface area contributed by atoms with Crippen LogP contribution in [0.1, 0.15) is 16.7 Å². The van der Waals surface area contributed by atoms with E-state index >= 15 is 0 Å². The third-order valence-corrected chi connectivity index (χ3v) is 6.38. The van der Waals surface area contributed by atoms with Crippen molar-refractivity contribution in [3.05, 3.63) is 54.2 Å².